The molecule has 1 aliphatic heterocycles. The van der Waals surface area contributed by atoms with E-state index in [2.05, 4.69) is 5.10 Å². The maximum Gasteiger partial charge on any atom is 0.335 e. The van der Waals surface area contributed by atoms with Gasteiger partial charge < -0.3 is 10.0 Å². The van der Waals surface area contributed by atoms with Gasteiger partial charge in [0.15, 0.2) is 0 Å². The van der Waals surface area contributed by atoms with Gasteiger partial charge in [-0.3, -0.25) is 9.48 Å². The first-order valence-corrected chi connectivity index (χ1v) is 8.58. The Labute approximate surface area is 151 Å². The summed E-state index contributed by atoms with van der Waals surface area (Å²) in [7, 11) is 1.72. The molecule has 1 amide bonds. The Kier molecular flexibility index (Phi) is 4.81. The number of nitrogens with zero attached hydrogens (tertiary/aromatic N) is 3. The second kappa shape index (κ2) is 6.88. The summed E-state index contributed by atoms with van der Waals surface area (Å²) in [5.74, 6) is -0.859. The third-order valence-electron chi connectivity index (χ3n) is 4.69. The summed E-state index contributed by atoms with van der Waals surface area (Å²) >= 11 is 6.24. The zero-order valence-electron chi connectivity index (χ0n) is 14.2. The highest BCUT2D eigenvalue weighted by Crippen LogP contribution is 2.29. The van der Waals surface area contributed by atoms with E-state index < -0.39 is 5.97 Å². The van der Waals surface area contributed by atoms with Crippen molar-refractivity contribution in [3.63, 3.8) is 0 Å². The molecule has 0 radical (unpaired) electrons. The molecule has 1 fully saturated rings. The number of carboxylic acid groups (broad SMARTS) is 1. The van der Waals surface area contributed by atoms with Crippen LogP contribution in [0.3, 0.4) is 0 Å². The third-order valence-corrected chi connectivity index (χ3v) is 5.14. The number of aromatic carboxylic acids is 1. The lowest BCUT2D eigenvalue weighted by Gasteiger charge is -2.33. The monoisotopic (exact) mass is 361 g/mol. The second-order valence-corrected chi connectivity index (χ2v) is 6.77. The van der Waals surface area contributed by atoms with Crippen molar-refractivity contribution >= 4 is 23.5 Å². The Morgan fingerprint density at radius 2 is 1.96 bits per heavy atom. The molecule has 1 aromatic carbocycles. The number of halogens is 1. The van der Waals surface area contributed by atoms with Gasteiger partial charge in [0.2, 0.25) is 0 Å². The van der Waals surface area contributed by atoms with E-state index in [1.165, 1.54) is 4.68 Å². The molecular weight excluding hydrogens is 342 g/mol. The zero-order valence-corrected chi connectivity index (χ0v) is 15.0. The van der Waals surface area contributed by atoms with Crippen LogP contribution in [0, 0.1) is 6.92 Å². The van der Waals surface area contributed by atoms with Gasteiger partial charge in [0, 0.05) is 26.1 Å². The summed E-state index contributed by atoms with van der Waals surface area (Å²) in [5, 5.41) is 13.6. The Hall–Kier alpha value is -2.34. The van der Waals surface area contributed by atoms with E-state index in [9.17, 15) is 9.59 Å². The smallest absolute Gasteiger partial charge is 0.335 e. The van der Waals surface area contributed by atoms with Gasteiger partial charge in [0.05, 0.1) is 16.3 Å². The molecule has 2 aromatic rings. The van der Waals surface area contributed by atoms with Crippen LogP contribution in [0.25, 0.3) is 0 Å². The van der Waals surface area contributed by atoms with Crippen molar-refractivity contribution in [2.45, 2.75) is 25.7 Å². The lowest BCUT2D eigenvalue weighted by molar-refractivity contribution is 0.0690. The molecule has 0 saturated carbocycles. The van der Waals surface area contributed by atoms with Crippen LogP contribution in [0.4, 0.5) is 0 Å². The normalized spacial score (nSPS) is 17.6. The van der Waals surface area contributed by atoms with Crippen molar-refractivity contribution in [2.75, 3.05) is 13.1 Å². The maximum atomic E-state index is 12.9. The molecule has 0 aliphatic carbocycles. The molecular formula is C18H20ClN3O3. The Morgan fingerprint density at radius 1 is 1.28 bits per heavy atom. The standard InChI is InChI=1S/C18H20ClN3O3/c1-11-15(19)16(21(2)20-11)17(23)22-9-3-4-14(10-22)12-5-7-13(8-6-12)18(24)25/h5-8,14H,3-4,9-10H2,1-2H3,(H,24,25)/t14-/m1/s1. The summed E-state index contributed by atoms with van der Waals surface area (Å²) < 4.78 is 1.53. The fourth-order valence-electron chi connectivity index (χ4n) is 3.35. The van der Waals surface area contributed by atoms with Crippen LogP contribution in [0.2, 0.25) is 5.02 Å². The van der Waals surface area contributed by atoms with Crippen LogP contribution < -0.4 is 0 Å². The van der Waals surface area contributed by atoms with E-state index in [0.29, 0.717) is 29.5 Å². The molecule has 25 heavy (non-hydrogen) atoms. The first-order chi connectivity index (χ1) is 11.9. The summed E-state index contributed by atoms with van der Waals surface area (Å²) in [5.41, 5.74) is 2.38. The molecule has 0 spiro atoms. The number of hydrogen-bond acceptors (Lipinski definition) is 3. The number of aryl methyl sites for hydroxylation is 2. The van der Waals surface area contributed by atoms with Crippen molar-refractivity contribution in [2.24, 2.45) is 7.05 Å². The minimum Gasteiger partial charge on any atom is -0.478 e. The number of carboxylic acids is 1. The molecule has 2 heterocycles. The van der Waals surface area contributed by atoms with E-state index in [4.69, 9.17) is 16.7 Å². The molecule has 0 bridgehead atoms. The van der Waals surface area contributed by atoms with Crippen molar-refractivity contribution in [1.82, 2.24) is 14.7 Å². The molecule has 7 heteroatoms. The molecule has 1 N–H and O–H groups in total. The van der Waals surface area contributed by atoms with Crippen LogP contribution in [0.5, 0.6) is 0 Å². The average molecular weight is 362 g/mol. The number of likely N-dealkylation sites (tertiary alicyclic amines) is 1. The summed E-state index contributed by atoms with van der Waals surface area (Å²) in [6.07, 6.45) is 1.86. The molecule has 0 unspecified atom stereocenters. The molecule has 1 saturated heterocycles. The van der Waals surface area contributed by atoms with Crippen LogP contribution in [0.15, 0.2) is 24.3 Å². The lowest BCUT2D eigenvalue weighted by atomic mass is 9.90. The number of hydrogen-bond donors (Lipinski definition) is 1. The molecule has 1 aromatic heterocycles. The number of benzene rings is 1. The fourth-order valence-corrected chi connectivity index (χ4v) is 3.59. The summed E-state index contributed by atoms with van der Waals surface area (Å²) in [6.45, 7) is 3.05. The van der Waals surface area contributed by atoms with E-state index in [1.807, 2.05) is 17.0 Å². The van der Waals surface area contributed by atoms with E-state index >= 15 is 0 Å². The topological polar surface area (TPSA) is 75.4 Å². The quantitative estimate of drug-likeness (QED) is 0.911. The highest BCUT2D eigenvalue weighted by molar-refractivity contribution is 6.34. The summed E-state index contributed by atoms with van der Waals surface area (Å²) in [4.78, 5) is 25.7. The van der Waals surface area contributed by atoms with Crippen LogP contribution in [-0.2, 0) is 7.05 Å². The first-order valence-electron chi connectivity index (χ1n) is 8.20. The molecule has 1 aliphatic rings. The van der Waals surface area contributed by atoms with Crippen molar-refractivity contribution in [1.29, 1.82) is 0 Å². The predicted molar refractivity (Wildman–Crippen MR) is 94.2 cm³/mol. The van der Waals surface area contributed by atoms with Gasteiger partial charge >= 0.3 is 5.97 Å². The van der Waals surface area contributed by atoms with Crippen LogP contribution >= 0.6 is 11.6 Å². The van der Waals surface area contributed by atoms with E-state index in [1.54, 1.807) is 26.1 Å². The predicted octanol–water partition coefficient (Wildman–Crippen LogP) is 3.10. The molecule has 132 valence electrons. The highest BCUT2D eigenvalue weighted by atomic mass is 35.5. The van der Waals surface area contributed by atoms with Gasteiger partial charge in [0.25, 0.3) is 5.91 Å². The Balaban J connectivity index is 1.78. The van der Waals surface area contributed by atoms with Gasteiger partial charge in [-0.15, -0.1) is 0 Å². The summed E-state index contributed by atoms with van der Waals surface area (Å²) in [6, 6.07) is 6.89. The van der Waals surface area contributed by atoms with Gasteiger partial charge in [-0.05, 0) is 37.5 Å². The first kappa shape index (κ1) is 17.5. The van der Waals surface area contributed by atoms with Crippen molar-refractivity contribution in [3.05, 3.63) is 51.8 Å². The molecule has 1 atom stereocenters. The minimum atomic E-state index is -0.937. The number of rotatable bonds is 3. The second-order valence-electron chi connectivity index (χ2n) is 6.39. The van der Waals surface area contributed by atoms with Crippen LogP contribution in [-0.4, -0.2) is 44.8 Å². The zero-order chi connectivity index (χ0) is 18.1. The van der Waals surface area contributed by atoms with Gasteiger partial charge in [0.1, 0.15) is 5.69 Å². The van der Waals surface area contributed by atoms with Gasteiger partial charge in [-0.25, -0.2) is 4.79 Å². The lowest BCUT2D eigenvalue weighted by Crippen LogP contribution is -2.40. The minimum absolute atomic E-state index is 0.111. The average Bonchev–Trinajstić information content (AvgIpc) is 2.86. The van der Waals surface area contributed by atoms with Gasteiger partial charge in [-0.2, -0.15) is 5.10 Å². The van der Waals surface area contributed by atoms with E-state index in [-0.39, 0.29) is 17.4 Å². The number of aromatic nitrogens is 2. The van der Waals surface area contributed by atoms with Gasteiger partial charge in [-0.1, -0.05) is 23.7 Å². The highest BCUT2D eigenvalue weighted by Gasteiger charge is 2.29. The number of amides is 1. The maximum absolute atomic E-state index is 12.9. The van der Waals surface area contributed by atoms with Crippen molar-refractivity contribution in [3.8, 4) is 0 Å². The third kappa shape index (κ3) is 3.39. The Morgan fingerprint density at radius 3 is 2.52 bits per heavy atom. The molecule has 3 rings (SSSR count). The van der Waals surface area contributed by atoms with E-state index in [0.717, 1.165) is 18.4 Å². The van der Waals surface area contributed by atoms with Crippen LogP contribution in [0.1, 0.15) is 50.9 Å². The number of piperidine rings is 1. The largest absolute Gasteiger partial charge is 0.478 e. The Bertz CT molecular complexity index is 814. The molecule has 6 nitrogen and oxygen atoms in total. The SMILES string of the molecule is Cc1nn(C)c(C(=O)N2CCC[C@@H](c3ccc(C(=O)O)cc3)C2)c1Cl. The fraction of sp³-hybridized carbons (Fsp3) is 0.389. The number of carbonyl (C=O) groups excluding carboxylic acids is 1. The number of carbonyl (C=O) groups is 2. The van der Waals surface area contributed by atoms with Crippen molar-refractivity contribution < 1.29 is 14.7 Å².